The smallest absolute Gasteiger partial charge is 0.237 e. The Labute approximate surface area is 112 Å². The quantitative estimate of drug-likeness (QED) is 0.804. The van der Waals surface area contributed by atoms with Gasteiger partial charge in [0.2, 0.25) is 5.91 Å². The van der Waals surface area contributed by atoms with E-state index in [-0.39, 0.29) is 18.5 Å². The summed E-state index contributed by atoms with van der Waals surface area (Å²) in [5.41, 5.74) is 0.821. The molecule has 2 atom stereocenters. The van der Waals surface area contributed by atoms with Crippen LogP contribution in [0.3, 0.4) is 0 Å². The first kappa shape index (κ1) is 13.5. The third-order valence-electron chi connectivity index (χ3n) is 3.29. The molecule has 1 amide bonds. The van der Waals surface area contributed by atoms with Crippen molar-refractivity contribution in [2.75, 3.05) is 19.6 Å². The molecule has 1 heterocycles. The number of amides is 1. The zero-order valence-corrected chi connectivity index (χ0v) is 10.6. The fraction of sp³-hybridized carbons (Fsp3) is 0.429. The number of carbonyl (C=O) groups excluding carboxylic acids is 1. The van der Waals surface area contributed by atoms with Gasteiger partial charge in [-0.05, 0) is 12.0 Å². The van der Waals surface area contributed by atoms with Crippen LogP contribution in [-0.4, -0.2) is 41.6 Å². The standard InChI is InChI=1S/C14H17N3O2/c15-8-12-6-7-17(12)14(19)10-16-9-13(18)11-4-2-1-3-5-11/h1-5,12-13,16,18H,6-7,9-10H2/t12-,13?/m0/s1. The maximum Gasteiger partial charge on any atom is 0.237 e. The Morgan fingerprint density at radius 2 is 2.26 bits per heavy atom. The molecule has 0 spiro atoms. The molecular weight excluding hydrogens is 242 g/mol. The molecule has 1 aliphatic heterocycles. The van der Waals surface area contributed by atoms with Crippen molar-refractivity contribution in [1.82, 2.24) is 10.2 Å². The number of rotatable bonds is 5. The predicted molar refractivity (Wildman–Crippen MR) is 70.0 cm³/mol. The number of hydrogen-bond donors (Lipinski definition) is 2. The minimum Gasteiger partial charge on any atom is -0.387 e. The van der Waals surface area contributed by atoms with Gasteiger partial charge in [-0.15, -0.1) is 0 Å². The molecule has 2 rings (SSSR count). The number of benzene rings is 1. The lowest BCUT2D eigenvalue weighted by Crippen LogP contribution is -2.53. The van der Waals surface area contributed by atoms with Crippen molar-refractivity contribution in [1.29, 1.82) is 5.26 Å². The van der Waals surface area contributed by atoms with Crippen molar-refractivity contribution in [3.63, 3.8) is 0 Å². The molecule has 0 aromatic heterocycles. The summed E-state index contributed by atoms with van der Waals surface area (Å²) in [7, 11) is 0. The van der Waals surface area contributed by atoms with Crippen LogP contribution in [0.15, 0.2) is 30.3 Å². The average Bonchev–Trinajstić information content (AvgIpc) is 2.39. The van der Waals surface area contributed by atoms with Crippen molar-refractivity contribution in [2.45, 2.75) is 18.6 Å². The molecule has 5 nitrogen and oxygen atoms in total. The largest absolute Gasteiger partial charge is 0.387 e. The summed E-state index contributed by atoms with van der Waals surface area (Å²) in [5, 5.41) is 21.6. The fourth-order valence-corrected chi connectivity index (χ4v) is 2.03. The van der Waals surface area contributed by atoms with Crippen molar-refractivity contribution >= 4 is 5.91 Å². The average molecular weight is 259 g/mol. The summed E-state index contributed by atoms with van der Waals surface area (Å²) in [6, 6.07) is 11.1. The van der Waals surface area contributed by atoms with Gasteiger partial charge in [0, 0.05) is 13.1 Å². The minimum absolute atomic E-state index is 0.0851. The molecule has 0 bridgehead atoms. The Bertz CT molecular complexity index is 469. The molecule has 1 aromatic carbocycles. The van der Waals surface area contributed by atoms with Gasteiger partial charge >= 0.3 is 0 Å². The van der Waals surface area contributed by atoms with E-state index in [1.54, 1.807) is 4.90 Å². The monoisotopic (exact) mass is 259 g/mol. The lowest BCUT2D eigenvalue weighted by Gasteiger charge is -2.36. The van der Waals surface area contributed by atoms with Crippen LogP contribution in [0.25, 0.3) is 0 Å². The van der Waals surface area contributed by atoms with Gasteiger partial charge in [0.15, 0.2) is 0 Å². The summed E-state index contributed by atoms with van der Waals surface area (Å²) in [4.78, 5) is 13.3. The number of aliphatic hydroxyl groups is 1. The Morgan fingerprint density at radius 3 is 2.84 bits per heavy atom. The number of aliphatic hydroxyl groups excluding tert-OH is 1. The van der Waals surface area contributed by atoms with Gasteiger partial charge < -0.3 is 15.3 Å². The summed E-state index contributed by atoms with van der Waals surface area (Å²) in [5.74, 6) is -0.0851. The molecule has 5 heteroatoms. The molecule has 0 aliphatic carbocycles. The lowest BCUT2D eigenvalue weighted by molar-refractivity contribution is -0.135. The van der Waals surface area contributed by atoms with Gasteiger partial charge in [-0.2, -0.15) is 5.26 Å². The van der Waals surface area contributed by atoms with Gasteiger partial charge in [-0.3, -0.25) is 4.79 Å². The Hall–Kier alpha value is -1.90. The van der Waals surface area contributed by atoms with Gasteiger partial charge in [-0.25, -0.2) is 0 Å². The Balaban J connectivity index is 1.72. The van der Waals surface area contributed by atoms with Crippen LogP contribution >= 0.6 is 0 Å². The molecule has 19 heavy (non-hydrogen) atoms. The number of hydrogen-bond acceptors (Lipinski definition) is 4. The molecule has 2 N–H and O–H groups in total. The van der Waals surface area contributed by atoms with Crippen LogP contribution in [-0.2, 0) is 4.79 Å². The number of nitrogens with one attached hydrogen (secondary N) is 1. The molecular formula is C14H17N3O2. The van der Waals surface area contributed by atoms with E-state index in [9.17, 15) is 9.90 Å². The first-order valence-corrected chi connectivity index (χ1v) is 6.35. The molecule has 1 unspecified atom stereocenters. The lowest BCUT2D eigenvalue weighted by atomic mass is 10.1. The number of nitrogens with zero attached hydrogens (tertiary/aromatic N) is 2. The van der Waals surface area contributed by atoms with E-state index in [0.29, 0.717) is 13.1 Å². The van der Waals surface area contributed by atoms with E-state index in [1.165, 1.54) is 0 Å². The first-order chi connectivity index (χ1) is 9.22. The highest BCUT2D eigenvalue weighted by Gasteiger charge is 2.31. The van der Waals surface area contributed by atoms with E-state index in [2.05, 4.69) is 11.4 Å². The first-order valence-electron chi connectivity index (χ1n) is 6.35. The van der Waals surface area contributed by atoms with Crippen molar-refractivity contribution in [2.24, 2.45) is 0 Å². The van der Waals surface area contributed by atoms with Crippen LogP contribution in [0.1, 0.15) is 18.1 Å². The summed E-state index contributed by atoms with van der Waals surface area (Å²) in [6.07, 6.45) is 0.131. The molecule has 100 valence electrons. The van der Waals surface area contributed by atoms with Crippen molar-refractivity contribution < 1.29 is 9.90 Å². The van der Waals surface area contributed by atoms with Crippen LogP contribution in [0.5, 0.6) is 0 Å². The molecule has 0 saturated carbocycles. The maximum atomic E-state index is 11.7. The summed E-state index contributed by atoms with van der Waals surface area (Å²) < 4.78 is 0. The minimum atomic E-state index is -0.628. The third kappa shape index (κ3) is 3.31. The maximum absolute atomic E-state index is 11.7. The van der Waals surface area contributed by atoms with Gasteiger partial charge in [0.1, 0.15) is 6.04 Å². The second kappa shape index (κ2) is 6.32. The van der Waals surface area contributed by atoms with E-state index >= 15 is 0 Å². The molecule has 1 fully saturated rings. The van der Waals surface area contributed by atoms with Gasteiger partial charge in [0.05, 0.1) is 18.7 Å². The molecule has 1 saturated heterocycles. The van der Waals surface area contributed by atoms with Gasteiger partial charge in [-0.1, -0.05) is 30.3 Å². The highest BCUT2D eigenvalue weighted by atomic mass is 16.3. The SMILES string of the molecule is N#C[C@@H]1CCN1C(=O)CNCC(O)c1ccccc1. The van der Waals surface area contributed by atoms with Crippen LogP contribution in [0, 0.1) is 11.3 Å². The molecule has 1 aromatic rings. The fourth-order valence-electron chi connectivity index (χ4n) is 2.03. The van der Waals surface area contributed by atoms with E-state index in [4.69, 9.17) is 5.26 Å². The zero-order chi connectivity index (χ0) is 13.7. The van der Waals surface area contributed by atoms with E-state index in [1.807, 2.05) is 30.3 Å². The van der Waals surface area contributed by atoms with Gasteiger partial charge in [0.25, 0.3) is 0 Å². The summed E-state index contributed by atoms with van der Waals surface area (Å²) in [6.45, 7) is 1.13. The third-order valence-corrected chi connectivity index (χ3v) is 3.29. The normalized spacial score (nSPS) is 19.4. The van der Waals surface area contributed by atoms with Crippen molar-refractivity contribution in [3.05, 3.63) is 35.9 Å². The number of nitriles is 1. The number of carbonyl (C=O) groups is 1. The Kier molecular flexibility index (Phi) is 4.50. The van der Waals surface area contributed by atoms with E-state index in [0.717, 1.165) is 12.0 Å². The van der Waals surface area contributed by atoms with Crippen LogP contribution in [0.4, 0.5) is 0 Å². The van der Waals surface area contributed by atoms with Crippen molar-refractivity contribution in [3.8, 4) is 6.07 Å². The van der Waals surface area contributed by atoms with Crippen LogP contribution in [0.2, 0.25) is 0 Å². The molecule has 1 aliphatic rings. The highest BCUT2D eigenvalue weighted by molar-refractivity contribution is 5.79. The summed E-state index contributed by atoms with van der Waals surface area (Å²) >= 11 is 0. The van der Waals surface area contributed by atoms with E-state index < -0.39 is 6.10 Å². The van der Waals surface area contributed by atoms with Crippen LogP contribution < -0.4 is 5.32 Å². The zero-order valence-electron chi connectivity index (χ0n) is 10.6. The topological polar surface area (TPSA) is 76.4 Å². The predicted octanol–water partition coefficient (Wildman–Crippen LogP) is 0.434. The number of likely N-dealkylation sites (tertiary alicyclic amines) is 1. The second-order valence-electron chi connectivity index (χ2n) is 4.58. The Morgan fingerprint density at radius 1 is 1.53 bits per heavy atom. The highest BCUT2D eigenvalue weighted by Crippen LogP contribution is 2.16. The molecule has 0 radical (unpaired) electrons. The second-order valence-corrected chi connectivity index (χ2v) is 4.58.